The number of hydrogen-bond donors (Lipinski definition) is 2. The van der Waals surface area contributed by atoms with Crippen molar-refractivity contribution < 1.29 is 9.53 Å². The molecule has 0 aliphatic heterocycles. The molecule has 1 aromatic heterocycles. The van der Waals surface area contributed by atoms with Gasteiger partial charge < -0.3 is 20.4 Å². The predicted octanol–water partition coefficient (Wildman–Crippen LogP) is 1.34. The number of nitrogens with one attached hydrogen (secondary N) is 1. The average Bonchev–Trinajstić information content (AvgIpc) is 2.84. The Bertz CT molecular complexity index is 622. The number of hydrogen-bond acceptors (Lipinski definition) is 4. The maximum Gasteiger partial charge on any atom is 0.273 e. The number of carbonyl (C=O) groups is 1. The third-order valence-electron chi connectivity index (χ3n) is 2.54. The van der Waals surface area contributed by atoms with Crippen LogP contribution in [0.2, 0.25) is 0 Å². The molecule has 0 radical (unpaired) electrons. The molecule has 0 unspecified atom stereocenters. The van der Waals surface area contributed by atoms with Crippen LogP contribution in [0.4, 0.5) is 5.69 Å². The van der Waals surface area contributed by atoms with E-state index in [0.717, 1.165) is 0 Å². The largest absolute Gasteiger partial charge is 0.487 e. The maximum atomic E-state index is 12.0. The lowest BCUT2D eigenvalue weighted by molar-refractivity contribution is 0.101. The van der Waals surface area contributed by atoms with Gasteiger partial charge in [-0.25, -0.2) is 4.98 Å². The second-order valence-electron chi connectivity index (χ2n) is 4.12. The topological polar surface area (TPSA) is 82.2 Å². The standard InChI is InChI=1S/C13H14N4O2S/c1-17-8-15-6-11(17)13(18)16-9-2-4-10(5-3-9)19-7-12(14)20/h2-6,8H,7H2,1H3,(H2,14,20)(H,16,18). The van der Waals surface area contributed by atoms with E-state index in [2.05, 4.69) is 10.3 Å². The van der Waals surface area contributed by atoms with Gasteiger partial charge in [-0.05, 0) is 24.3 Å². The zero-order valence-corrected chi connectivity index (χ0v) is 11.7. The number of carbonyl (C=O) groups excluding carboxylic acids is 1. The molecule has 2 aromatic rings. The quantitative estimate of drug-likeness (QED) is 0.812. The highest BCUT2D eigenvalue weighted by Crippen LogP contribution is 2.16. The van der Waals surface area contributed by atoms with E-state index in [1.54, 1.807) is 42.2 Å². The lowest BCUT2D eigenvalue weighted by Gasteiger charge is -2.08. The molecule has 0 spiro atoms. The summed E-state index contributed by atoms with van der Waals surface area (Å²) in [4.78, 5) is 16.1. The molecule has 20 heavy (non-hydrogen) atoms. The number of benzene rings is 1. The van der Waals surface area contributed by atoms with E-state index in [1.807, 2.05) is 0 Å². The van der Waals surface area contributed by atoms with E-state index in [0.29, 0.717) is 22.1 Å². The van der Waals surface area contributed by atoms with Crippen LogP contribution in [0.25, 0.3) is 0 Å². The molecule has 0 atom stereocenters. The molecule has 3 N–H and O–H groups in total. The predicted molar refractivity (Wildman–Crippen MR) is 79.9 cm³/mol. The van der Waals surface area contributed by atoms with E-state index in [-0.39, 0.29) is 12.5 Å². The Hall–Kier alpha value is -2.41. The molecule has 104 valence electrons. The van der Waals surface area contributed by atoms with Crippen LogP contribution in [0, 0.1) is 0 Å². The number of nitrogens with zero attached hydrogens (tertiary/aromatic N) is 2. The second-order valence-corrected chi connectivity index (χ2v) is 4.65. The maximum absolute atomic E-state index is 12.0. The van der Waals surface area contributed by atoms with Gasteiger partial charge in [-0.2, -0.15) is 0 Å². The van der Waals surface area contributed by atoms with Gasteiger partial charge in [-0.1, -0.05) is 12.2 Å². The van der Waals surface area contributed by atoms with Crippen LogP contribution in [-0.2, 0) is 7.05 Å². The summed E-state index contributed by atoms with van der Waals surface area (Å²) >= 11 is 4.72. The minimum Gasteiger partial charge on any atom is -0.487 e. The Morgan fingerprint density at radius 2 is 2.15 bits per heavy atom. The number of aromatic nitrogens is 2. The molecule has 7 heteroatoms. The number of thiocarbonyl (C=S) groups is 1. The first-order chi connectivity index (χ1) is 9.56. The normalized spacial score (nSPS) is 10.1. The number of amides is 1. The van der Waals surface area contributed by atoms with Crippen molar-refractivity contribution in [2.75, 3.05) is 11.9 Å². The van der Waals surface area contributed by atoms with Crippen LogP contribution in [0.15, 0.2) is 36.8 Å². The van der Waals surface area contributed by atoms with Crippen LogP contribution in [-0.4, -0.2) is 27.1 Å². The SMILES string of the molecule is Cn1cncc1C(=O)Nc1ccc(OCC(N)=S)cc1. The van der Waals surface area contributed by atoms with Crippen molar-refractivity contribution in [3.05, 3.63) is 42.5 Å². The molecule has 6 nitrogen and oxygen atoms in total. The smallest absolute Gasteiger partial charge is 0.273 e. The third kappa shape index (κ3) is 3.55. The fourth-order valence-corrected chi connectivity index (χ4v) is 1.62. The summed E-state index contributed by atoms with van der Waals surface area (Å²) in [6.45, 7) is 0.191. The van der Waals surface area contributed by atoms with Gasteiger partial charge in [0.1, 0.15) is 23.0 Å². The first kappa shape index (κ1) is 14.0. The lowest BCUT2D eigenvalue weighted by atomic mass is 10.3. The second kappa shape index (κ2) is 6.16. The highest BCUT2D eigenvalue weighted by molar-refractivity contribution is 7.80. The van der Waals surface area contributed by atoms with Crippen molar-refractivity contribution in [2.24, 2.45) is 12.8 Å². The van der Waals surface area contributed by atoms with Crippen LogP contribution in [0.1, 0.15) is 10.5 Å². The van der Waals surface area contributed by atoms with Gasteiger partial charge in [0.15, 0.2) is 0 Å². The molecular weight excluding hydrogens is 276 g/mol. The van der Waals surface area contributed by atoms with Crippen molar-refractivity contribution >= 4 is 28.8 Å². The first-order valence-corrected chi connectivity index (χ1v) is 6.26. The van der Waals surface area contributed by atoms with Gasteiger partial charge in [0.25, 0.3) is 5.91 Å². The lowest BCUT2D eigenvalue weighted by Crippen LogP contribution is -2.18. The van der Waals surface area contributed by atoms with Gasteiger partial charge in [-0.3, -0.25) is 4.79 Å². The van der Waals surface area contributed by atoms with Crippen LogP contribution < -0.4 is 15.8 Å². The van der Waals surface area contributed by atoms with Gasteiger partial charge in [0.05, 0.1) is 12.5 Å². The van der Waals surface area contributed by atoms with Crippen LogP contribution in [0.3, 0.4) is 0 Å². The van der Waals surface area contributed by atoms with E-state index in [9.17, 15) is 4.79 Å². The first-order valence-electron chi connectivity index (χ1n) is 5.85. The molecule has 0 aliphatic carbocycles. The van der Waals surface area contributed by atoms with Crippen molar-refractivity contribution in [3.8, 4) is 5.75 Å². The molecule has 2 rings (SSSR count). The summed E-state index contributed by atoms with van der Waals surface area (Å²) in [7, 11) is 1.76. The molecule has 0 bridgehead atoms. The summed E-state index contributed by atoms with van der Waals surface area (Å²) < 4.78 is 6.97. The third-order valence-corrected chi connectivity index (χ3v) is 2.66. The molecule has 0 saturated heterocycles. The van der Waals surface area contributed by atoms with Crippen molar-refractivity contribution in [1.82, 2.24) is 9.55 Å². The summed E-state index contributed by atoms with van der Waals surface area (Å²) in [5.74, 6) is 0.415. The Balaban J connectivity index is 1.99. The monoisotopic (exact) mass is 290 g/mol. The molecule has 0 aliphatic rings. The molecular formula is C13H14N4O2S. The minimum atomic E-state index is -0.221. The summed E-state index contributed by atoms with van der Waals surface area (Å²) in [6, 6.07) is 6.95. The van der Waals surface area contributed by atoms with E-state index >= 15 is 0 Å². The molecule has 0 saturated carbocycles. The summed E-state index contributed by atoms with van der Waals surface area (Å²) in [5, 5.41) is 2.77. The molecule has 1 amide bonds. The Morgan fingerprint density at radius 1 is 1.45 bits per heavy atom. The van der Waals surface area contributed by atoms with Crippen molar-refractivity contribution in [1.29, 1.82) is 0 Å². The van der Waals surface area contributed by atoms with E-state index in [4.69, 9.17) is 22.7 Å². The number of imidazole rings is 1. The number of nitrogens with two attached hydrogens (primary N) is 1. The fourth-order valence-electron chi connectivity index (χ4n) is 1.56. The van der Waals surface area contributed by atoms with Crippen LogP contribution >= 0.6 is 12.2 Å². The summed E-state index contributed by atoms with van der Waals surface area (Å²) in [5.41, 5.74) is 6.50. The Morgan fingerprint density at radius 3 is 2.70 bits per heavy atom. The van der Waals surface area contributed by atoms with E-state index in [1.165, 1.54) is 6.20 Å². The number of aryl methyl sites for hydroxylation is 1. The van der Waals surface area contributed by atoms with Gasteiger partial charge in [0.2, 0.25) is 0 Å². The van der Waals surface area contributed by atoms with Gasteiger partial charge in [-0.15, -0.1) is 0 Å². The van der Waals surface area contributed by atoms with Crippen molar-refractivity contribution in [2.45, 2.75) is 0 Å². The highest BCUT2D eigenvalue weighted by Gasteiger charge is 2.09. The van der Waals surface area contributed by atoms with E-state index < -0.39 is 0 Å². The minimum absolute atomic E-state index is 0.191. The Kier molecular flexibility index (Phi) is 4.31. The number of ether oxygens (including phenoxy) is 1. The number of rotatable bonds is 5. The fraction of sp³-hybridized carbons (Fsp3) is 0.154. The van der Waals surface area contributed by atoms with Gasteiger partial charge >= 0.3 is 0 Å². The van der Waals surface area contributed by atoms with Gasteiger partial charge in [0, 0.05) is 12.7 Å². The average molecular weight is 290 g/mol. The molecule has 0 fully saturated rings. The zero-order chi connectivity index (χ0) is 14.5. The number of anilines is 1. The van der Waals surface area contributed by atoms with Crippen molar-refractivity contribution in [3.63, 3.8) is 0 Å². The zero-order valence-electron chi connectivity index (χ0n) is 10.9. The highest BCUT2D eigenvalue weighted by atomic mass is 32.1. The molecule has 1 aromatic carbocycles. The van der Waals surface area contributed by atoms with Crippen LogP contribution in [0.5, 0.6) is 5.75 Å². The molecule has 1 heterocycles. The summed E-state index contributed by atoms with van der Waals surface area (Å²) in [6.07, 6.45) is 3.08. The Labute approximate surface area is 121 Å².